The second-order valence-electron chi connectivity index (χ2n) is 10.0. The van der Waals surface area contributed by atoms with Crippen LogP contribution in [0.1, 0.15) is 59.8 Å². The van der Waals surface area contributed by atoms with Gasteiger partial charge in [0.2, 0.25) is 0 Å². The number of hydrogen-bond donors (Lipinski definition) is 2. The molecule has 2 bridgehead atoms. The second-order valence-corrected chi connectivity index (χ2v) is 10.0. The SMILES string of the molecule is CC1(C)[C@H](O)C(=O)C[C@]2(C)[C@@H]1CC[C@]13C=C[C@](C)(C1)[C@H](O)C[C@H]32. The van der Waals surface area contributed by atoms with Crippen molar-refractivity contribution in [3.05, 3.63) is 12.2 Å². The summed E-state index contributed by atoms with van der Waals surface area (Å²) in [5.41, 5.74) is -0.431. The molecular formula is C20H30O3. The average molecular weight is 318 g/mol. The summed E-state index contributed by atoms with van der Waals surface area (Å²) in [6, 6.07) is 0. The summed E-state index contributed by atoms with van der Waals surface area (Å²) < 4.78 is 0. The van der Waals surface area contributed by atoms with Crippen molar-refractivity contribution >= 4 is 5.78 Å². The third-order valence-electron chi connectivity index (χ3n) is 8.37. The van der Waals surface area contributed by atoms with Crippen LogP contribution in [0.4, 0.5) is 0 Å². The number of carbonyl (C=O) groups excluding carboxylic acids is 1. The topological polar surface area (TPSA) is 57.5 Å². The first-order valence-electron chi connectivity index (χ1n) is 9.14. The van der Waals surface area contributed by atoms with E-state index in [2.05, 4.69) is 39.8 Å². The molecular weight excluding hydrogens is 288 g/mol. The van der Waals surface area contributed by atoms with Crippen molar-refractivity contribution in [2.75, 3.05) is 0 Å². The van der Waals surface area contributed by atoms with E-state index >= 15 is 0 Å². The number of carbonyl (C=O) groups is 1. The molecule has 0 saturated heterocycles. The summed E-state index contributed by atoms with van der Waals surface area (Å²) in [5.74, 6) is 0.672. The highest BCUT2D eigenvalue weighted by Gasteiger charge is 2.67. The van der Waals surface area contributed by atoms with Crippen molar-refractivity contribution in [2.24, 2.45) is 33.5 Å². The molecule has 1 spiro atoms. The van der Waals surface area contributed by atoms with Gasteiger partial charge in [-0.25, -0.2) is 0 Å². The van der Waals surface area contributed by atoms with Crippen molar-refractivity contribution in [3.8, 4) is 0 Å². The molecule has 0 amide bonds. The normalized spacial score (nSPS) is 57.0. The number of ketones is 1. The van der Waals surface area contributed by atoms with E-state index in [1.54, 1.807) is 0 Å². The third kappa shape index (κ3) is 1.76. The zero-order valence-electron chi connectivity index (χ0n) is 14.8. The maximum Gasteiger partial charge on any atom is 0.162 e. The number of Topliss-reactive ketones (excluding diaryl/α,β-unsaturated/α-hetero) is 1. The minimum absolute atomic E-state index is 0.00407. The number of hydrogen-bond acceptors (Lipinski definition) is 3. The maximum absolute atomic E-state index is 12.6. The zero-order chi connectivity index (χ0) is 16.8. The number of fused-ring (bicyclic) bond motifs is 3. The quantitative estimate of drug-likeness (QED) is 0.675. The van der Waals surface area contributed by atoms with Gasteiger partial charge in [-0.15, -0.1) is 0 Å². The summed E-state index contributed by atoms with van der Waals surface area (Å²) in [4.78, 5) is 12.6. The molecule has 0 radical (unpaired) electrons. The van der Waals surface area contributed by atoms with Gasteiger partial charge >= 0.3 is 0 Å². The minimum atomic E-state index is -0.840. The number of aliphatic hydroxyl groups is 2. The molecule has 4 aliphatic carbocycles. The van der Waals surface area contributed by atoms with Crippen LogP contribution in [-0.4, -0.2) is 28.2 Å². The fourth-order valence-electron chi connectivity index (χ4n) is 7.18. The van der Waals surface area contributed by atoms with Crippen LogP contribution in [0.25, 0.3) is 0 Å². The molecule has 4 aliphatic rings. The first kappa shape index (κ1) is 15.8. The molecule has 0 heterocycles. The fourth-order valence-corrected chi connectivity index (χ4v) is 7.18. The van der Waals surface area contributed by atoms with Gasteiger partial charge in [-0.05, 0) is 48.3 Å². The Kier molecular flexibility index (Phi) is 2.95. The molecule has 0 aromatic rings. The highest BCUT2D eigenvalue weighted by molar-refractivity contribution is 5.85. The molecule has 4 rings (SSSR count). The van der Waals surface area contributed by atoms with E-state index in [1.807, 2.05) is 0 Å². The molecule has 7 atom stereocenters. The molecule has 3 fully saturated rings. The first-order valence-corrected chi connectivity index (χ1v) is 9.14. The lowest BCUT2D eigenvalue weighted by Gasteiger charge is -2.65. The third-order valence-corrected chi connectivity index (χ3v) is 8.37. The van der Waals surface area contributed by atoms with Gasteiger partial charge in [0.05, 0.1) is 6.10 Å². The van der Waals surface area contributed by atoms with Gasteiger partial charge < -0.3 is 10.2 Å². The van der Waals surface area contributed by atoms with Crippen molar-refractivity contribution in [1.82, 2.24) is 0 Å². The van der Waals surface area contributed by atoms with Crippen LogP contribution >= 0.6 is 0 Å². The van der Waals surface area contributed by atoms with E-state index < -0.39 is 6.10 Å². The summed E-state index contributed by atoms with van der Waals surface area (Å²) in [6.07, 6.45) is 7.92. The fraction of sp³-hybridized carbons (Fsp3) is 0.850. The Bertz CT molecular complexity index is 594. The molecule has 3 heteroatoms. The van der Waals surface area contributed by atoms with Crippen LogP contribution in [0.15, 0.2) is 12.2 Å². The number of rotatable bonds is 0. The van der Waals surface area contributed by atoms with E-state index in [9.17, 15) is 15.0 Å². The van der Waals surface area contributed by atoms with Crippen LogP contribution in [0, 0.1) is 33.5 Å². The maximum atomic E-state index is 12.6. The van der Waals surface area contributed by atoms with Crippen LogP contribution in [0.3, 0.4) is 0 Å². The van der Waals surface area contributed by atoms with E-state index in [1.165, 1.54) is 0 Å². The van der Waals surface area contributed by atoms with Gasteiger partial charge in [0.25, 0.3) is 0 Å². The van der Waals surface area contributed by atoms with Gasteiger partial charge in [-0.3, -0.25) is 4.79 Å². The Hall–Kier alpha value is -0.670. The summed E-state index contributed by atoms with van der Waals surface area (Å²) >= 11 is 0. The van der Waals surface area contributed by atoms with Gasteiger partial charge in [-0.2, -0.15) is 0 Å². The van der Waals surface area contributed by atoms with Gasteiger partial charge in [0, 0.05) is 17.3 Å². The first-order chi connectivity index (χ1) is 10.6. The second kappa shape index (κ2) is 4.29. The molecule has 0 aliphatic heterocycles. The minimum Gasteiger partial charge on any atom is -0.392 e. The smallest absolute Gasteiger partial charge is 0.162 e. The Morgan fingerprint density at radius 2 is 1.78 bits per heavy atom. The highest BCUT2D eigenvalue weighted by atomic mass is 16.3. The Morgan fingerprint density at radius 1 is 1.09 bits per heavy atom. The summed E-state index contributed by atoms with van der Waals surface area (Å²) in [7, 11) is 0. The molecule has 3 nitrogen and oxygen atoms in total. The number of aliphatic hydroxyl groups excluding tert-OH is 2. The zero-order valence-corrected chi connectivity index (χ0v) is 14.8. The summed E-state index contributed by atoms with van der Waals surface area (Å²) in [5, 5.41) is 21.2. The van der Waals surface area contributed by atoms with Crippen LogP contribution in [0.5, 0.6) is 0 Å². The average Bonchev–Trinajstić information content (AvgIpc) is 2.75. The van der Waals surface area contributed by atoms with Gasteiger partial charge in [-0.1, -0.05) is 39.8 Å². The van der Waals surface area contributed by atoms with Crippen molar-refractivity contribution in [1.29, 1.82) is 0 Å². The van der Waals surface area contributed by atoms with Crippen molar-refractivity contribution in [2.45, 2.75) is 72.0 Å². The van der Waals surface area contributed by atoms with Crippen molar-refractivity contribution in [3.63, 3.8) is 0 Å². The van der Waals surface area contributed by atoms with Crippen molar-refractivity contribution < 1.29 is 15.0 Å². The standard InChI is InChI=1S/C20H30O3/c1-17(2)13-5-6-20-8-7-18(3,11-20)15(22)9-14(20)19(13,4)10-12(21)16(17)23/h7-8,13-16,22-23H,5-6,9-11H2,1-4H3/t13-,14+,15-,16-,18-,19-,20+/m1/s1. The molecule has 23 heavy (non-hydrogen) atoms. The predicted octanol–water partition coefficient (Wildman–Crippen LogP) is 3.10. The monoisotopic (exact) mass is 318 g/mol. The Labute approximate surface area is 139 Å². The van der Waals surface area contributed by atoms with E-state index in [-0.39, 0.29) is 33.5 Å². The lowest BCUT2D eigenvalue weighted by molar-refractivity contribution is -0.193. The largest absolute Gasteiger partial charge is 0.392 e. The molecule has 128 valence electrons. The van der Waals surface area contributed by atoms with Gasteiger partial charge in [0.1, 0.15) is 6.10 Å². The van der Waals surface area contributed by atoms with Crippen LogP contribution in [-0.2, 0) is 4.79 Å². The van der Waals surface area contributed by atoms with Gasteiger partial charge in [0.15, 0.2) is 5.78 Å². The predicted molar refractivity (Wildman–Crippen MR) is 88.7 cm³/mol. The molecule has 0 aromatic heterocycles. The van der Waals surface area contributed by atoms with E-state index in [4.69, 9.17) is 0 Å². The lowest BCUT2D eigenvalue weighted by atomic mass is 9.39. The number of allylic oxidation sites excluding steroid dienone is 1. The lowest BCUT2D eigenvalue weighted by Crippen LogP contribution is -2.63. The van der Waals surface area contributed by atoms with E-state index in [0.29, 0.717) is 18.3 Å². The molecule has 3 saturated carbocycles. The molecule has 0 aromatic carbocycles. The summed E-state index contributed by atoms with van der Waals surface area (Å²) in [6.45, 7) is 8.55. The van der Waals surface area contributed by atoms with E-state index in [0.717, 1.165) is 25.7 Å². The van der Waals surface area contributed by atoms with Crippen LogP contribution < -0.4 is 0 Å². The Balaban J connectivity index is 1.80. The Morgan fingerprint density at radius 3 is 2.48 bits per heavy atom. The van der Waals surface area contributed by atoms with Crippen LogP contribution in [0.2, 0.25) is 0 Å². The molecule has 2 N–H and O–H groups in total. The highest BCUT2D eigenvalue weighted by Crippen LogP contribution is 2.71. The molecule has 0 unspecified atom stereocenters.